The minimum absolute atomic E-state index is 0.00506. The summed E-state index contributed by atoms with van der Waals surface area (Å²) in [5, 5.41) is 14.1. The van der Waals surface area contributed by atoms with Gasteiger partial charge in [0.15, 0.2) is 17.8 Å². The molecule has 1 unspecified atom stereocenters. The third kappa shape index (κ3) is 4.82. The van der Waals surface area contributed by atoms with Gasteiger partial charge in [-0.15, -0.1) is 0 Å². The Kier molecular flexibility index (Phi) is 6.59. The first-order chi connectivity index (χ1) is 16.6. The van der Waals surface area contributed by atoms with Crippen LogP contribution in [0.25, 0.3) is 11.0 Å². The topological polar surface area (TPSA) is 126 Å². The number of aliphatic hydroxyl groups is 1. The molecule has 0 radical (unpaired) electrons. The second-order valence-corrected chi connectivity index (χ2v) is 8.06. The zero-order valence-electron chi connectivity index (χ0n) is 18.7. The molecule has 0 saturated carbocycles. The van der Waals surface area contributed by atoms with Crippen molar-refractivity contribution < 1.29 is 28.8 Å². The Morgan fingerprint density at radius 3 is 2.74 bits per heavy atom. The summed E-state index contributed by atoms with van der Waals surface area (Å²) in [6.07, 6.45) is 0.989. The van der Waals surface area contributed by atoms with Crippen molar-refractivity contribution in [3.8, 4) is 17.2 Å². The van der Waals surface area contributed by atoms with Crippen molar-refractivity contribution in [3.05, 3.63) is 52.7 Å². The number of hydrogen-bond donors (Lipinski definition) is 2. The fourth-order valence-corrected chi connectivity index (χ4v) is 3.92. The first-order valence-electron chi connectivity index (χ1n) is 11.0. The van der Waals surface area contributed by atoms with Crippen LogP contribution in [0, 0.1) is 0 Å². The monoisotopic (exact) mass is 470 g/mol. The van der Waals surface area contributed by atoms with Gasteiger partial charge in [0.1, 0.15) is 25.1 Å². The Morgan fingerprint density at radius 1 is 1.15 bits per heavy atom. The van der Waals surface area contributed by atoms with Crippen molar-refractivity contribution in [2.24, 2.45) is 0 Å². The molecule has 0 amide bonds. The van der Waals surface area contributed by atoms with Gasteiger partial charge < -0.3 is 38.7 Å². The van der Waals surface area contributed by atoms with Gasteiger partial charge in [0.05, 0.1) is 62.0 Å². The number of methoxy groups -OCH3 is 1. The Hall–Kier alpha value is -3.25. The number of ether oxygens (including phenoxy) is 5. The van der Waals surface area contributed by atoms with E-state index in [1.165, 1.54) is 10.8 Å². The van der Waals surface area contributed by atoms with E-state index >= 15 is 0 Å². The number of aliphatic hydroxyl groups excluding tert-OH is 1. The van der Waals surface area contributed by atoms with Crippen LogP contribution in [0.1, 0.15) is 5.69 Å². The third-order valence-corrected chi connectivity index (χ3v) is 5.72. The van der Waals surface area contributed by atoms with E-state index in [0.29, 0.717) is 61.3 Å². The van der Waals surface area contributed by atoms with Crippen molar-refractivity contribution in [1.29, 1.82) is 0 Å². The number of nitrogens with zero attached hydrogens (tertiary/aromatic N) is 3. The number of fused-ring (bicyclic) bond motifs is 2. The summed E-state index contributed by atoms with van der Waals surface area (Å²) in [5.41, 5.74) is 1.66. The van der Waals surface area contributed by atoms with Crippen LogP contribution in [0.15, 0.2) is 41.5 Å². The number of benzene rings is 1. The highest BCUT2D eigenvalue weighted by Crippen LogP contribution is 2.29. The van der Waals surface area contributed by atoms with E-state index in [-0.39, 0.29) is 18.1 Å². The molecule has 1 atom stereocenters. The van der Waals surface area contributed by atoms with Crippen LogP contribution in [0.5, 0.6) is 17.2 Å². The van der Waals surface area contributed by atoms with Crippen LogP contribution in [-0.4, -0.2) is 71.6 Å². The van der Waals surface area contributed by atoms with Crippen LogP contribution >= 0.6 is 0 Å². The number of rotatable bonds is 7. The molecule has 180 valence electrons. The van der Waals surface area contributed by atoms with Gasteiger partial charge in [-0.3, -0.25) is 9.78 Å². The number of hydrogen-bond acceptors (Lipinski definition) is 10. The zero-order chi connectivity index (χ0) is 23.5. The standard InChI is InChI=1S/C23H26N4O7/c1-30-16-2-3-17-18(7-16)27(22(29)10-26-17)11-19(28)23-33-12-15(13-34-23)24-8-14-6-20-21(9-25-14)32-5-4-31-20/h2-3,6-7,9-10,15,19,23-24,28H,4-5,8,11-13H2,1H3/t15-,19?,23-. The van der Waals surface area contributed by atoms with Gasteiger partial charge >= 0.3 is 0 Å². The minimum atomic E-state index is -1.05. The molecule has 2 aromatic heterocycles. The van der Waals surface area contributed by atoms with Gasteiger partial charge in [-0.05, 0) is 12.1 Å². The van der Waals surface area contributed by atoms with E-state index in [4.69, 9.17) is 23.7 Å². The maximum absolute atomic E-state index is 12.4. The number of pyridine rings is 1. The Balaban J connectivity index is 1.17. The summed E-state index contributed by atoms with van der Waals surface area (Å²) in [7, 11) is 1.55. The third-order valence-electron chi connectivity index (χ3n) is 5.72. The van der Waals surface area contributed by atoms with Crippen molar-refractivity contribution in [3.63, 3.8) is 0 Å². The average molecular weight is 470 g/mol. The molecule has 4 heterocycles. The fraction of sp³-hybridized carbons (Fsp3) is 0.435. The lowest BCUT2D eigenvalue weighted by Crippen LogP contribution is -2.49. The molecule has 1 saturated heterocycles. The van der Waals surface area contributed by atoms with Gasteiger partial charge in [-0.2, -0.15) is 0 Å². The molecule has 0 aliphatic carbocycles. The summed E-state index contributed by atoms with van der Waals surface area (Å²) in [5.74, 6) is 1.93. The highest BCUT2D eigenvalue weighted by Gasteiger charge is 2.29. The first kappa shape index (κ1) is 22.5. The van der Waals surface area contributed by atoms with E-state index in [0.717, 1.165) is 5.69 Å². The summed E-state index contributed by atoms with van der Waals surface area (Å²) in [6, 6.07) is 7.01. The zero-order valence-corrected chi connectivity index (χ0v) is 18.7. The molecule has 1 aromatic carbocycles. The molecule has 1 fully saturated rings. The van der Waals surface area contributed by atoms with Gasteiger partial charge in [-0.25, -0.2) is 4.98 Å². The Morgan fingerprint density at radius 2 is 1.94 bits per heavy atom. The predicted molar refractivity (Wildman–Crippen MR) is 120 cm³/mol. The SMILES string of the molecule is COc1ccc2ncc(=O)n(CC(O)[C@H]3OC[C@H](NCc4cc5c(cn4)OCCO5)CO3)c2c1. The summed E-state index contributed by atoms with van der Waals surface area (Å²) in [4.78, 5) is 21.0. The summed E-state index contributed by atoms with van der Waals surface area (Å²) < 4.78 is 29.3. The smallest absolute Gasteiger partial charge is 0.269 e. The molecule has 11 nitrogen and oxygen atoms in total. The van der Waals surface area contributed by atoms with Crippen LogP contribution < -0.4 is 25.1 Å². The average Bonchev–Trinajstić information content (AvgIpc) is 2.89. The first-order valence-corrected chi connectivity index (χ1v) is 11.0. The van der Waals surface area contributed by atoms with Gasteiger partial charge in [0.2, 0.25) is 0 Å². The van der Waals surface area contributed by atoms with Crippen molar-refractivity contribution in [2.45, 2.75) is 31.5 Å². The molecular weight excluding hydrogens is 444 g/mol. The molecule has 0 spiro atoms. The van der Waals surface area contributed by atoms with Crippen molar-refractivity contribution >= 4 is 11.0 Å². The van der Waals surface area contributed by atoms with E-state index < -0.39 is 12.4 Å². The van der Waals surface area contributed by atoms with Gasteiger partial charge in [-0.1, -0.05) is 0 Å². The molecule has 11 heteroatoms. The molecular formula is C23H26N4O7. The molecule has 34 heavy (non-hydrogen) atoms. The van der Waals surface area contributed by atoms with Crippen LogP contribution in [-0.2, 0) is 22.6 Å². The molecule has 5 rings (SSSR count). The lowest BCUT2D eigenvalue weighted by molar-refractivity contribution is -0.233. The van der Waals surface area contributed by atoms with E-state index in [1.807, 2.05) is 6.07 Å². The number of nitrogens with one attached hydrogen (secondary N) is 1. The van der Waals surface area contributed by atoms with Gasteiger partial charge in [0, 0.05) is 18.7 Å². The normalized spacial score (nSPS) is 20.8. The highest BCUT2D eigenvalue weighted by atomic mass is 16.7. The van der Waals surface area contributed by atoms with E-state index in [9.17, 15) is 9.90 Å². The summed E-state index contributed by atoms with van der Waals surface area (Å²) >= 11 is 0. The largest absolute Gasteiger partial charge is 0.497 e. The van der Waals surface area contributed by atoms with Crippen molar-refractivity contribution in [1.82, 2.24) is 19.9 Å². The van der Waals surface area contributed by atoms with Crippen LogP contribution in [0.4, 0.5) is 0 Å². The lowest BCUT2D eigenvalue weighted by Gasteiger charge is -2.32. The van der Waals surface area contributed by atoms with E-state index in [2.05, 4.69) is 15.3 Å². The second kappa shape index (κ2) is 9.94. The highest BCUT2D eigenvalue weighted by molar-refractivity contribution is 5.76. The second-order valence-electron chi connectivity index (χ2n) is 8.06. The van der Waals surface area contributed by atoms with Crippen LogP contribution in [0.2, 0.25) is 0 Å². The molecule has 2 aliphatic heterocycles. The maximum Gasteiger partial charge on any atom is 0.269 e. The predicted octanol–water partition coefficient (Wildman–Crippen LogP) is 0.464. The summed E-state index contributed by atoms with van der Waals surface area (Å²) in [6.45, 7) is 2.22. The fourth-order valence-electron chi connectivity index (χ4n) is 3.92. The minimum Gasteiger partial charge on any atom is -0.497 e. The lowest BCUT2D eigenvalue weighted by atomic mass is 10.2. The number of aromatic nitrogens is 3. The Labute approximate surface area is 195 Å². The molecule has 2 aliphatic rings. The quantitative estimate of drug-likeness (QED) is 0.503. The van der Waals surface area contributed by atoms with Crippen LogP contribution in [0.3, 0.4) is 0 Å². The molecule has 0 bridgehead atoms. The van der Waals surface area contributed by atoms with E-state index in [1.54, 1.807) is 31.5 Å². The Bertz CT molecular complexity index is 1210. The molecule has 3 aromatic rings. The van der Waals surface area contributed by atoms with Crippen molar-refractivity contribution in [2.75, 3.05) is 33.5 Å². The van der Waals surface area contributed by atoms with Gasteiger partial charge in [0.25, 0.3) is 5.56 Å². The maximum atomic E-state index is 12.4. The molecule has 2 N–H and O–H groups in total.